The normalized spacial score (nSPS) is 21.7. The highest BCUT2D eigenvalue weighted by Gasteiger charge is 2.33. The zero-order valence-corrected chi connectivity index (χ0v) is 14.3. The number of hydrogen-bond donors (Lipinski definition) is 0. The van der Waals surface area contributed by atoms with E-state index in [1.807, 2.05) is 6.92 Å². The third-order valence-corrected chi connectivity index (χ3v) is 5.16. The molecule has 0 amide bonds. The van der Waals surface area contributed by atoms with Gasteiger partial charge in [0.15, 0.2) is 0 Å². The molecule has 1 aliphatic rings. The van der Waals surface area contributed by atoms with Gasteiger partial charge in [-0.15, -0.1) is 0 Å². The predicted octanol–water partition coefficient (Wildman–Crippen LogP) is 3.13. The monoisotopic (exact) mass is 338 g/mol. The van der Waals surface area contributed by atoms with E-state index >= 15 is 0 Å². The van der Waals surface area contributed by atoms with Crippen LogP contribution in [0, 0.1) is 6.92 Å². The van der Waals surface area contributed by atoms with Gasteiger partial charge in [0.2, 0.25) is 0 Å². The second kappa shape index (κ2) is 7.27. The number of ether oxygens (including phenoxy) is 1. The molecule has 0 bridgehead atoms. The summed E-state index contributed by atoms with van der Waals surface area (Å²) >= 11 is 0. The molecule has 0 heterocycles. The first-order valence-corrected chi connectivity index (χ1v) is 9.07. The maximum Gasteiger partial charge on any atom is 0.333 e. The summed E-state index contributed by atoms with van der Waals surface area (Å²) in [4.78, 5) is 11.8. The highest BCUT2D eigenvalue weighted by atomic mass is 32.2. The molecule has 0 radical (unpaired) electrons. The van der Waals surface area contributed by atoms with Gasteiger partial charge >= 0.3 is 5.97 Å². The molecule has 0 aromatic heterocycles. The smallest absolute Gasteiger partial charge is 0.333 e. The van der Waals surface area contributed by atoms with Gasteiger partial charge in [-0.2, -0.15) is 8.42 Å². The standard InChI is InChI=1S/C17H22O5S/c1-12(2)17(18)21-15-6-4-5-7-16(15)22-23(19,20)14-10-8-13(3)9-11-14/h8-11,15-16H,1,4-7H2,2-3H3/t15-,16-/m1/s1. The van der Waals surface area contributed by atoms with Gasteiger partial charge < -0.3 is 4.74 Å². The van der Waals surface area contributed by atoms with Gasteiger partial charge in [0.1, 0.15) is 12.2 Å². The Hall–Kier alpha value is -1.66. The maximum atomic E-state index is 12.4. The van der Waals surface area contributed by atoms with Crippen molar-refractivity contribution in [2.45, 2.75) is 56.6 Å². The molecule has 0 N–H and O–H groups in total. The molecule has 5 nitrogen and oxygen atoms in total. The van der Waals surface area contributed by atoms with E-state index in [9.17, 15) is 13.2 Å². The van der Waals surface area contributed by atoms with Crippen molar-refractivity contribution in [3.05, 3.63) is 42.0 Å². The van der Waals surface area contributed by atoms with Crippen molar-refractivity contribution in [3.8, 4) is 0 Å². The average molecular weight is 338 g/mol. The summed E-state index contributed by atoms with van der Waals surface area (Å²) in [6.07, 6.45) is 1.63. The van der Waals surface area contributed by atoms with Crippen molar-refractivity contribution < 1.29 is 22.1 Å². The first-order valence-electron chi connectivity index (χ1n) is 7.66. The largest absolute Gasteiger partial charge is 0.456 e. The number of hydrogen-bond acceptors (Lipinski definition) is 5. The lowest BCUT2D eigenvalue weighted by molar-refractivity contribution is -0.151. The minimum Gasteiger partial charge on any atom is -0.456 e. The van der Waals surface area contributed by atoms with Gasteiger partial charge in [0.05, 0.1) is 4.90 Å². The van der Waals surface area contributed by atoms with Gasteiger partial charge in [-0.05, 0) is 45.2 Å². The predicted molar refractivity (Wildman–Crippen MR) is 86.4 cm³/mol. The number of esters is 1. The molecule has 1 saturated carbocycles. The van der Waals surface area contributed by atoms with E-state index in [4.69, 9.17) is 8.92 Å². The minimum atomic E-state index is -3.88. The first-order chi connectivity index (χ1) is 10.8. The zero-order chi connectivity index (χ0) is 17.0. The van der Waals surface area contributed by atoms with Crippen molar-refractivity contribution in [1.82, 2.24) is 0 Å². The molecule has 0 unspecified atom stereocenters. The second-order valence-electron chi connectivity index (χ2n) is 5.91. The van der Waals surface area contributed by atoms with Crippen molar-refractivity contribution in [3.63, 3.8) is 0 Å². The molecule has 23 heavy (non-hydrogen) atoms. The Morgan fingerprint density at radius 3 is 2.26 bits per heavy atom. The quantitative estimate of drug-likeness (QED) is 0.469. The Morgan fingerprint density at radius 1 is 1.13 bits per heavy atom. The van der Waals surface area contributed by atoms with Crippen LogP contribution in [0.25, 0.3) is 0 Å². The summed E-state index contributed by atoms with van der Waals surface area (Å²) < 4.78 is 35.5. The van der Waals surface area contributed by atoms with E-state index in [-0.39, 0.29) is 10.5 Å². The van der Waals surface area contributed by atoms with E-state index in [1.54, 1.807) is 19.1 Å². The number of carbonyl (C=O) groups excluding carboxylic acids is 1. The van der Waals surface area contributed by atoms with E-state index in [0.29, 0.717) is 12.8 Å². The van der Waals surface area contributed by atoms with Crippen LogP contribution in [0.1, 0.15) is 38.2 Å². The Balaban J connectivity index is 2.13. The average Bonchev–Trinajstić information content (AvgIpc) is 2.49. The fraction of sp³-hybridized carbons (Fsp3) is 0.471. The van der Waals surface area contributed by atoms with Crippen LogP contribution in [0.5, 0.6) is 0 Å². The van der Waals surface area contributed by atoms with Crippen LogP contribution in [0.2, 0.25) is 0 Å². The van der Waals surface area contributed by atoms with Crippen LogP contribution in [0.3, 0.4) is 0 Å². The summed E-state index contributed by atoms with van der Waals surface area (Å²) in [6.45, 7) is 6.98. The Kier molecular flexibility index (Phi) is 5.59. The molecule has 0 saturated heterocycles. The van der Waals surface area contributed by atoms with Crippen LogP contribution in [0.4, 0.5) is 0 Å². The Morgan fingerprint density at radius 2 is 1.70 bits per heavy atom. The fourth-order valence-electron chi connectivity index (χ4n) is 2.47. The molecule has 1 fully saturated rings. The highest BCUT2D eigenvalue weighted by Crippen LogP contribution is 2.28. The van der Waals surface area contributed by atoms with Crippen LogP contribution in [0.15, 0.2) is 41.3 Å². The van der Waals surface area contributed by atoms with Gasteiger partial charge in [0, 0.05) is 5.57 Å². The summed E-state index contributed by atoms with van der Waals surface area (Å²) in [6, 6.07) is 6.47. The summed E-state index contributed by atoms with van der Waals surface area (Å²) in [5.41, 5.74) is 1.26. The van der Waals surface area contributed by atoms with E-state index in [0.717, 1.165) is 18.4 Å². The molecular formula is C17H22O5S. The molecule has 1 aromatic rings. The molecular weight excluding hydrogens is 316 g/mol. The molecule has 2 rings (SSSR count). The Bertz CT molecular complexity index is 675. The lowest BCUT2D eigenvalue weighted by atomic mass is 9.95. The zero-order valence-electron chi connectivity index (χ0n) is 13.4. The van der Waals surface area contributed by atoms with E-state index in [2.05, 4.69) is 6.58 Å². The number of carbonyl (C=O) groups is 1. The lowest BCUT2D eigenvalue weighted by Crippen LogP contribution is -2.38. The first kappa shape index (κ1) is 17.7. The van der Waals surface area contributed by atoms with Crippen molar-refractivity contribution in [2.24, 2.45) is 0 Å². The van der Waals surface area contributed by atoms with Crippen LogP contribution in [-0.4, -0.2) is 26.6 Å². The summed E-state index contributed by atoms with van der Waals surface area (Å²) in [5, 5.41) is 0. The number of benzene rings is 1. The topological polar surface area (TPSA) is 69.7 Å². The summed E-state index contributed by atoms with van der Waals surface area (Å²) in [5.74, 6) is -0.516. The SMILES string of the molecule is C=C(C)C(=O)O[C@@H]1CCCC[C@H]1OS(=O)(=O)c1ccc(C)cc1. The van der Waals surface area contributed by atoms with Gasteiger partial charge in [-0.25, -0.2) is 4.79 Å². The Labute approximate surface area is 137 Å². The van der Waals surface area contributed by atoms with E-state index < -0.39 is 28.3 Å². The van der Waals surface area contributed by atoms with Crippen LogP contribution >= 0.6 is 0 Å². The molecule has 1 aromatic carbocycles. The minimum absolute atomic E-state index is 0.110. The third-order valence-electron chi connectivity index (χ3n) is 3.81. The second-order valence-corrected chi connectivity index (χ2v) is 7.48. The van der Waals surface area contributed by atoms with Gasteiger partial charge in [-0.3, -0.25) is 4.18 Å². The van der Waals surface area contributed by atoms with Crippen molar-refractivity contribution in [1.29, 1.82) is 0 Å². The molecule has 2 atom stereocenters. The van der Waals surface area contributed by atoms with Crippen LogP contribution < -0.4 is 0 Å². The maximum absolute atomic E-state index is 12.4. The molecule has 0 aliphatic heterocycles. The molecule has 0 spiro atoms. The van der Waals surface area contributed by atoms with Crippen LogP contribution in [-0.2, 0) is 23.8 Å². The summed E-state index contributed by atoms with van der Waals surface area (Å²) in [7, 11) is -3.88. The highest BCUT2D eigenvalue weighted by molar-refractivity contribution is 7.86. The van der Waals surface area contributed by atoms with Gasteiger partial charge in [-0.1, -0.05) is 30.7 Å². The fourth-order valence-corrected chi connectivity index (χ4v) is 3.60. The van der Waals surface area contributed by atoms with Gasteiger partial charge in [0.25, 0.3) is 10.1 Å². The van der Waals surface area contributed by atoms with Crippen molar-refractivity contribution in [2.75, 3.05) is 0 Å². The molecule has 6 heteroatoms. The third kappa shape index (κ3) is 4.65. The van der Waals surface area contributed by atoms with Crippen molar-refractivity contribution >= 4 is 16.1 Å². The number of aryl methyl sites for hydroxylation is 1. The number of rotatable bonds is 5. The lowest BCUT2D eigenvalue weighted by Gasteiger charge is -2.30. The van der Waals surface area contributed by atoms with E-state index in [1.165, 1.54) is 12.1 Å². The molecule has 1 aliphatic carbocycles. The molecule has 126 valence electrons.